The molecular formula is C16H21N3S. The van der Waals surface area contributed by atoms with Crippen molar-refractivity contribution in [2.75, 3.05) is 6.54 Å². The second-order valence-electron chi connectivity index (χ2n) is 5.24. The van der Waals surface area contributed by atoms with Crippen molar-refractivity contribution in [3.63, 3.8) is 0 Å². The molecule has 3 nitrogen and oxygen atoms in total. The number of thioether (sulfide) groups is 1. The molecule has 0 radical (unpaired) electrons. The van der Waals surface area contributed by atoms with Crippen LogP contribution in [0.1, 0.15) is 37.1 Å². The van der Waals surface area contributed by atoms with Crippen molar-refractivity contribution in [1.82, 2.24) is 14.9 Å². The second-order valence-corrected chi connectivity index (χ2v) is 6.29. The van der Waals surface area contributed by atoms with Crippen LogP contribution < -0.4 is 5.32 Å². The first-order valence-corrected chi connectivity index (χ1v) is 8.28. The average molecular weight is 287 g/mol. The number of nitrogens with one attached hydrogen (secondary N) is 1. The van der Waals surface area contributed by atoms with E-state index in [-0.39, 0.29) is 0 Å². The Morgan fingerprint density at radius 1 is 1.30 bits per heavy atom. The lowest BCUT2D eigenvalue weighted by atomic mass is 10.2. The Bertz CT molecular complexity index is 543. The number of imidazole rings is 1. The first-order valence-electron chi connectivity index (χ1n) is 7.30. The van der Waals surface area contributed by atoms with Crippen molar-refractivity contribution in [1.29, 1.82) is 0 Å². The molecule has 0 saturated heterocycles. The van der Waals surface area contributed by atoms with Gasteiger partial charge in [0.15, 0.2) is 0 Å². The van der Waals surface area contributed by atoms with Crippen LogP contribution in [0.15, 0.2) is 41.7 Å². The lowest BCUT2D eigenvalue weighted by Gasteiger charge is -2.07. The molecule has 20 heavy (non-hydrogen) atoms. The molecule has 0 bridgehead atoms. The highest BCUT2D eigenvalue weighted by molar-refractivity contribution is 7.98. The Kier molecular flexibility index (Phi) is 4.43. The normalized spacial score (nSPS) is 14.7. The van der Waals surface area contributed by atoms with Crippen LogP contribution in [0.25, 0.3) is 0 Å². The van der Waals surface area contributed by atoms with Crippen LogP contribution in [-0.4, -0.2) is 16.1 Å². The summed E-state index contributed by atoms with van der Waals surface area (Å²) in [4.78, 5) is 5.61. The second kappa shape index (κ2) is 6.46. The SMILES string of the molecule is CCNCc1ccc(SCc2cncn2C2CC2)cc1. The Morgan fingerprint density at radius 2 is 2.10 bits per heavy atom. The summed E-state index contributed by atoms with van der Waals surface area (Å²) in [7, 11) is 0. The number of benzene rings is 1. The molecule has 0 amide bonds. The molecule has 1 fully saturated rings. The number of aromatic nitrogens is 2. The van der Waals surface area contributed by atoms with Gasteiger partial charge in [-0.3, -0.25) is 0 Å². The Hall–Kier alpha value is -1.26. The molecule has 1 aromatic heterocycles. The number of hydrogen-bond acceptors (Lipinski definition) is 3. The summed E-state index contributed by atoms with van der Waals surface area (Å²) in [6.45, 7) is 4.10. The highest BCUT2D eigenvalue weighted by atomic mass is 32.2. The third-order valence-electron chi connectivity index (χ3n) is 3.58. The number of nitrogens with zero attached hydrogens (tertiary/aromatic N) is 2. The maximum absolute atomic E-state index is 4.28. The summed E-state index contributed by atoms with van der Waals surface area (Å²) >= 11 is 1.89. The van der Waals surface area contributed by atoms with Crippen molar-refractivity contribution in [3.05, 3.63) is 48.0 Å². The highest BCUT2D eigenvalue weighted by Gasteiger charge is 2.24. The maximum Gasteiger partial charge on any atom is 0.0951 e. The van der Waals surface area contributed by atoms with Crippen LogP contribution in [0.5, 0.6) is 0 Å². The fourth-order valence-electron chi connectivity index (χ4n) is 2.26. The van der Waals surface area contributed by atoms with E-state index in [1.165, 1.54) is 29.0 Å². The quantitative estimate of drug-likeness (QED) is 0.789. The summed E-state index contributed by atoms with van der Waals surface area (Å²) < 4.78 is 2.34. The summed E-state index contributed by atoms with van der Waals surface area (Å²) in [5.41, 5.74) is 2.69. The minimum atomic E-state index is 0.718. The van der Waals surface area contributed by atoms with Crippen molar-refractivity contribution < 1.29 is 0 Å². The van der Waals surface area contributed by atoms with Gasteiger partial charge in [-0.2, -0.15) is 0 Å². The Morgan fingerprint density at radius 3 is 2.80 bits per heavy atom. The van der Waals surface area contributed by atoms with Crippen LogP contribution in [0.4, 0.5) is 0 Å². The van der Waals surface area contributed by atoms with Gasteiger partial charge in [-0.05, 0) is 37.1 Å². The molecule has 1 saturated carbocycles. The minimum absolute atomic E-state index is 0.718. The first-order chi connectivity index (χ1) is 9.86. The van der Waals surface area contributed by atoms with Gasteiger partial charge in [0, 0.05) is 35.1 Å². The van der Waals surface area contributed by atoms with Gasteiger partial charge >= 0.3 is 0 Å². The van der Waals surface area contributed by atoms with E-state index in [0.29, 0.717) is 0 Å². The third-order valence-corrected chi connectivity index (χ3v) is 4.62. The van der Waals surface area contributed by atoms with Crippen molar-refractivity contribution >= 4 is 11.8 Å². The fraction of sp³-hybridized carbons (Fsp3) is 0.438. The average Bonchev–Trinajstić information content (AvgIpc) is 3.23. The van der Waals surface area contributed by atoms with Gasteiger partial charge < -0.3 is 9.88 Å². The van der Waals surface area contributed by atoms with Crippen LogP contribution in [0.3, 0.4) is 0 Å². The van der Waals surface area contributed by atoms with Gasteiger partial charge in [0.05, 0.1) is 6.33 Å². The van der Waals surface area contributed by atoms with Gasteiger partial charge in [-0.15, -0.1) is 11.8 Å². The number of hydrogen-bond donors (Lipinski definition) is 1. The van der Waals surface area contributed by atoms with Gasteiger partial charge in [0.25, 0.3) is 0 Å². The van der Waals surface area contributed by atoms with E-state index in [4.69, 9.17) is 0 Å². The molecular weight excluding hydrogens is 266 g/mol. The van der Waals surface area contributed by atoms with E-state index >= 15 is 0 Å². The lowest BCUT2D eigenvalue weighted by Crippen LogP contribution is -2.11. The van der Waals surface area contributed by atoms with E-state index in [1.54, 1.807) is 0 Å². The van der Waals surface area contributed by atoms with Gasteiger partial charge in [-0.25, -0.2) is 4.98 Å². The molecule has 1 aliphatic rings. The summed E-state index contributed by atoms with van der Waals surface area (Å²) in [5, 5.41) is 3.35. The van der Waals surface area contributed by atoms with E-state index in [0.717, 1.165) is 24.9 Å². The van der Waals surface area contributed by atoms with Crippen molar-refractivity contribution in [2.24, 2.45) is 0 Å². The van der Waals surface area contributed by atoms with Crippen molar-refractivity contribution in [2.45, 2.75) is 43.0 Å². The maximum atomic E-state index is 4.28. The molecule has 0 spiro atoms. The molecule has 106 valence electrons. The zero-order valence-corrected chi connectivity index (χ0v) is 12.7. The zero-order valence-electron chi connectivity index (χ0n) is 11.9. The first kappa shape index (κ1) is 13.7. The van der Waals surface area contributed by atoms with E-state index in [2.05, 4.69) is 46.1 Å². The molecule has 0 atom stereocenters. The molecule has 3 rings (SSSR count). The minimum Gasteiger partial charge on any atom is -0.331 e. The fourth-order valence-corrected chi connectivity index (χ4v) is 3.12. The van der Waals surface area contributed by atoms with Crippen LogP contribution in [-0.2, 0) is 12.3 Å². The van der Waals surface area contributed by atoms with E-state index in [9.17, 15) is 0 Å². The zero-order chi connectivity index (χ0) is 13.8. The largest absolute Gasteiger partial charge is 0.331 e. The van der Waals surface area contributed by atoms with Crippen LogP contribution in [0, 0.1) is 0 Å². The lowest BCUT2D eigenvalue weighted by molar-refractivity contribution is 0.714. The predicted molar refractivity (Wildman–Crippen MR) is 83.9 cm³/mol. The van der Waals surface area contributed by atoms with Gasteiger partial charge in [0.2, 0.25) is 0 Å². The summed E-state index contributed by atoms with van der Waals surface area (Å²) in [6.07, 6.45) is 6.61. The summed E-state index contributed by atoms with van der Waals surface area (Å²) in [5.74, 6) is 1.00. The monoisotopic (exact) mass is 287 g/mol. The molecule has 1 aromatic carbocycles. The molecule has 2 aromatic rings. The van der Waals surface area contributed by atoms with Crippen LogP contribution in [0.2, 0.25) is 0 Å². The van der Waals surface area contributed by atoms with E-state index < -0.39 is 0 Å². The molecule has 4 heteroatoms. The molecule has 0 unspecified atom stereocenters. The molecule has 1 aliphatic carbocycles. The van der Waals surface area contributed by atoms with Crippen molar-refractivity contribution in [3.8, 4) is 0 Å². The molecule has 0 aliphatic heterocycles. The van der Waals surface area contributed by atoms with Crippen LogP contribution >= 0.6 is 11.8 Å². The standard InChI is InChI=1S/C16H21N3S/c1-2-17-9-13-3-7-16(8-4-13)20-11-15-10-18-12-19(15)14-5-6-14/h3-4,7-8,10,12,14,17H,2,5-6,9,11H2,1H3. The number of rotatable bonds is 7. The van der Waals surface area contributed by atoms with Gasteiger partial charge in [0.1, 0.15) is 0 Å². The predicted octanol–water partition coefficient (Wildman–Crippen LogP) is 3.62. The topological polar surface area (TPSA) is 29.9 Å². The highest BCUT2D eigenvalue weighted by Crippen LogP contribution is 2.36. The summed E-state index contributed by atoms with van der Waals surface area (Å²) in [6, 6.07) is 9.58. The Labute approximate surface area is 124 Å². The van der Waals surface area contributed by atoms with Gasteiger partial charge in [-0.1, -0.05) is 19.1 Å². The van der Waals surface area contributed by atoms with E-state index in [1.807, 2.05) is 24.3 Å². The smallest absolute Gasteiger partial charge is 0.0951 e. The third kappa shape index (κ3) is 3.44. The Balaban J connectivity index is 1.56. The molecule has 1 N–H and O–H groups in total. The molecule has 1 heterocycles.